The molecule has 8 heteroatoms. The lowest BCUT2D eigenvalue weighted by molar-refractivity contribution is -0.384. The zero-order valence-corrected chi connectivity index (χ0v) is 16.1. The maximum Gasteiger partial charge on any atom is 0.280 e. The van der Waals surface area contributed by atoms with Crippen molar-refractivity contribution < 1.29 is 19.6 Å². The van der Waals surface area contributed by atoms with Gasteiger partial charge in [0, 0.05) is 29.4 Å². The molecule has 0 unspecified atom stereocenters. The Hall–Kier alpha value is -3.42. The van der Waals surface area contributed by atoms with Crippen LogP contribution in [0.15, 0.2) is 36.4 Å². The van der Waals surface area contributed by atoms with Crippen molar-refractivity contribution in [3.05, 3.63) is 57.6 Å². The van der Waals surface area contributed by atoms with Crippen LogP contribution in [0.5, 0.6) is 0 Å². The summed E-state index contributed by atoms with van der Waals surface area (Å²) in [6.07, 6.45) is 0. The highest BCUT2D eigenvalue weighted by atomic mass is 16.6. The second-order valence-electron chi connectivity index (χ2n) is 6.98. The van der Waals surface area contributed by atoms with E-state index in [9.17, 15) is 24.8 Å². The Kier molecular flexibility index (Phi) is 6.03. The Bertz CT molecular complexity index is 912. The van der Waals surface area contributed by atoms with Crippen molar-refractivity contribution in [3.63, 3.8) is 0 Å². The number of carbonyl (C=O) groups is 2. The summed E-state index contributed by atoms with van der Waals surface area (Å²) in [5.74, 6) is -1.70. The van der Waals surface area contributed by atoms with Gasteiger partial charge < -0.3 is 20.5 Å². The number of carbonyl (C=O) groups excluding carboxylic acids is 2. The monoisotopic (exact) mass is 384 g/mol. The number of hydrogen-bond acceptors (Lipinski definition) is 6. The molecule has 0 saturated carbocycles. The van der Waals surface area contributed by atoms with Crippen molar-refractivity contribution >= 4 is 23.3 Å². The Morgan fingerprint density at radius 1 is 1.00 bits per heavy atom. The lowest BCUT2D eigenvalue weighted by atomic mass is 9.97. The van der Waals surface area contributed by atoms with E-state index in [0.717, 1.165) is 0 Å². The first-order chi connectivity index (χ1) is 13.0. The van der Waals surface area contributed by atoms with Gasteiger partial charge in [-0.25, -0.2) is 0 Å². The van der Waals surface area contributed by atoms with Crippen LogP contribution in [0.4, 0.5) is 11.4 Å². The minimum Gasteiger partial charge on any atom is -0.545 e. The number of carboxylic acid groups (broad SMARTS) is 1. The smallest absolute Gasteiger partial charge is 0.280 e. The van der Waals surface area contributed by atoms with Gasteiger partial charge in [0.1, 0.15) is 0 Å². The number of nitro benzene ring substituents is 1. The molecule has 28 heavy (non-hydrogen) atoms. The van der Waals surface area contributed by atoms with Crippen LogP contribution in [-0.2, 0) is 0 Å². The van der Waals surface area contributed by atoms with Crippen LogP contribution < -0.4 is 10.8 Å². The summed E-state index contributed by atoms with van der Waals surface area (Å²) in [7, 11) is 0. The first kappa shape index (κ1) is 20.9. The number of benzene rings is 2. The summed E-state index contributed by atoms with van der Waals surface area (Å²) in [5, 5.41) is 22.6. The van der Waals surface area contributed by atoms with Gasteiger partial charge in [-0.1, -0.05) is 24.3 Å². The summed E-state index contributed by atoms with van der Waals surface area (Å²) in [6, 6.07) is 7.83. The van der Waals surface area contributed by atoms with E-state index in [1.165, 1.54) is 36.4 Å². The van der Waals surface area contributed by atoms with Crippen LogP contribution in [0.25, 0.3) is 11.1 Å². The summed E-state index contributed by atoms with van der Waals surface area (Å²) >= 11 is 0. The van der Waals surface area contributed by atoms with Crippen LogP contribution in [0.1, 0.15) is 48.4 Å². The van der Waals surface area contributed by atoms with Crippen LogP contribution in [0, 0.1) is 10.1 Å². The number of nitro groups is 1. The van der Waals surface area contributed by atoms with Gasteiger partial charge in [0.2, 0.25) is 0 Å². The van der Waals surface area contributed by atoms with Crippen LogP contribution in [0.2, 0.25) is 0 Å². The van der Waals surface area contributed by atoms with Gasteiger partial charge in [-0.3, -0.25) is 14.9 Å². The Morgan fingerprint density at radius 2 is 1.54 bits per heavy atom. The van der Waals surface area contributed by atoms with Gasteiger partial charge in [0.15, 0.2) is 0 Å². The van der Waals surface area contributed by atoms with Crippen molar-refractivity contribution in [2.45, 2.75) is 39.8 Å². The molecule has 1 amide bonds. The molecule has 2 aromatic rings. The fourth-order valence-corrected chi connectivity index (χ4v) is 3.22. The normalized spacial score (nSPS) is 10.9. The Morgan fingerprint density at radius 3 is 1.96 bits per heavy atom. The second-order valence-corrected chi connectivity index (χ2v) is 6.98. The SMILES string of the molecule is CC(C)N(C(=O)c1cc(N)c(-c2ccc(C(=O)[O-])cc2)c([N+](=O)[O-])c1)C(C)C. The fourth-order valence-electron chi connectivity index (χ4n) is 3.22. The van der Waals surface area contributed by atoms with E-state index < -0.39 is 10.9 Å². The molecule has 0 fully saturated rings. The second kappa shape index (κ2) is 8.08. The van der Waals surface area contributed by atoms with E-state index in [2.05, 4.69) is 0 Å². The minimum atomic E-state index is -1.35. The third kappa shape index (κ3) is 4.11. The van der Waals surface area contributed by atoms with E-state index in [4.69, 9.17) is 5.73 Å². The molecular weight excluding hydrogens is 362 g/mol. The van der Waals surface area contributed by atoms with Crippen molar-refractivity contribution in [2.24, 2.45) is 0 Å². The number of carboxylic acids is 1. The van der Waals surface area contributed by atoms with E-state index in [0.29, 0.717) is 5.56 Å². The van der Waals surface area contributed by atoms with Crippen LogP contribution in [-0.4, -0.2) is 33.8 Å². The highest BCUT2D eigenvalue weighted by molar-refractivity contribution is 5.99. The molecule has 148 valence electrons. The summed E-state index contributed by atoms with van der Waals surface area (Å²) < 4.78 is 0. The molecule has 0 aliphatic heterocycles. The van der Waals surface area contributed by atoms with Crippen LogP contribution >= 0.6 is 0 Å². The Balaban J connectivity index is 2.60. The number of anilines is 1. The molecule has 0 heterocycles. The quantitative estimate of drug-likeness (QED) is 0.462. The summed E-state index contributed by atoms with van der Waals surface area (Å²) in [5.41, 5.74) is 6.39. The van der Waals surface area contributed by atoms with E-state index >= 15 is 0 Å². The highest BCUT2D eigenvalue weighted by Gasteiger charge is 2.27. The first-order valence-corrected chi connectivity index (χ1v) is 8.77. The van der Waals surface area contributed by atoms with Gasteiger partial charge in [0.25, 0.3) is 11.6 Å². The van der Waals surface area contributed by atoms with Gasteiger partial charge >= 0.3 is 0 Å². The zero-order chi connectivity index (χ0) is 21.2. The van der Waals surface area contributed by atoms with Crippen molar-refractivity contribution in [3.8, 4) is 11.1 Å². The number of rotatable bonds is 6. The Labute approximate surface area is 162 Å². The molecule has 0 aliphatic rings. The van der Waals surface area contributed by atoms with Gasteiger partial charge in [-0.15, -0.1) is 0 Å². The molecule has 0 bridgehead atoms. The van der Waals surface area contributed by atoms with Gasteiger partial charge in [-0.2, -0.15) is 0 Å². The number of amides is 1. The van der Waals surface area contributed by atoms with E-state index in [1.807, 2.05) is 27.7 Å². The van der Waals surface area contributed by atoms with E-state index in [-0.39, 0.29) is 46.1 Å². The largest absolute Gasteiger partial charge is 0.545 e. The maximum atomic E-state index is 12.9. The number of nitrogen functional groups attached to an aromatic ring is 1. The highest BCUT2D eigenvalue weighted by Crippen LogP contribution is 2.37. The molecular formula is C20H22N3O5-. The standard InChI is InChI=1S/C20H23N3O5/c1-11(2)22(12(3)4)19(24)15-9-16(21)18(17(10-15)23(27)28)13-5-7-14(8-6-13)20(25)26/h5-12H,21H2,1-4H3,(H,25,26)/p-1. The average molecular weight is 384 g/mol. The molecule has 0 aliphatic carbocycles. The number of nitrogens with two attached hydrogens (primary N) is 1. The molecule has 0 saturated heterocycles. The topological polar surface area (TPSA) is 130 Å². The van der Waals surface area contributed by atoms with Gasteiger partial charge in [0.05, 0.1) is 16.5 Å². The number of nitrogens with zero attached hydrogens (tertiary/aromatic N) is 2. The van der Waals surface area contributed by atoms with Crippen molar-refractivity contribution in [1.82, 2.24) is 4.90 Å². The number of aromatic carboxylic acids is 1. The van der Waals surface area contributed by atoms with E-state index in [1.54, 1.807) is 4.90 Å². The van der Waals surface area contributed by atoms with Gasteiger partial charge in [-0.05, 0) is 44.9 Å². The molecule has 0 radical (unpaired) electrons. The summed E-state index contributed by atoms with van der Waals surface area (Å²) in [6.45, 7) is 7.46. The molecule has 8 nitrogen and oxygen atoms in total. The molecule has 2 rings (SSSR count). The fraction of sp³-hybridized carbons (Fsp3) is 0.300. The molecule has 2 N–H and O–H groups in total. The number of hydrogen-bond donors (Lipinski definition) is 1. The lowest BCUT2D eigenvalue weighted by Crippen LogP contribution is -2.42. The molecule has 2 aromatic carbocycles. The zero-order valence-electron chi connectivity index (χ0n) is 16.1. The average Bonchev–Trinajstić information content (AvgIpc) is 2.60. The maximum absolute atomic E-state index is 12.9. The van der Waals surface area contributed by atoms with Crippen molar-refractivity contribution in [1.29, 1.82) is 0 Å². The predicted molar refractivity (Wildman–Crippen MR) is 104 cm³/mol. The summed E-state index contributed by atoms with van der Waals surface area (Å²) in [4.78, 5) is 36.5. The van der Waals surface area contributed by atoms with Crippen LogP contribution in [0.3, 0.4) is 0 Å². The molecule has 0 spiro atoms. The third-order valence-electron chi connectivity index (χ3n) is 4.35. The lowest BCUT2D eigenvalue weighted by Gasteiger charge is -2.31. The molecule has 0 atom stereocenters. The van der Waals surface area contributed by atoms with Crippen molar-refractivity contribution in [2.75, 3.05) is 5.73 Å². The predicted octanol–water partition coefficient (Wildman–Crippen LogP) is 2.47. The molecule has 0 aromatic heterocycles. The first-order valence-electron chi connectivity index (χ1n) is 8.77. The third-order valence-corrected chi connectivity index (χ3v) is 4.35. The minimum absolute atomic E-state index is 0.0544.